The zero-order valence-corrected chi connectivity index (χ0v) is 19.6. The molecule has 33 heavy (non-hydrogen) atoms. The highest BCUT2D eigenvalue weighted by Crippen LogP contribution is 2.27. The summed E-state index contributed by atoms with van der Waals surface area (Å²) in [5, 5.41) is 4.31. The molecule has 1 N–H and O–H groups in total. The number of nitrogens with zero attached hydrogens (tertiary/aromatic N) is 2. The van der Waals surface area contributed by atoms with Gasteiger partial charge in [0.15, 0.2) is 0 Å². The number of hydrogen-bond donors (Lipinski definition) is 1. The van der Waals surface area contributed by atoms with Crippen LogP contribution in [-0.2, 0) is 9.47 Å². The quantitative estimate of drug-likeness (QED) is 0.552. The molecule has 2 aromatic rings. The van der Waals surface area contributed by atoms with Crippen LogP contribution in [0.15, 0.2) is 43.1 Å². The number of amides is 2. The Morgan fingerprint density at radius 1 is 1.27 bits per heavy atom. The number of pyridine rings is 1. The van der Waals surface area contributed by atoms with Gasteiger partial charge in [0.25, 0.3) is 0 Å². The van der Waals surface area contributed by atoms with Crippen molar-refractivity contribution in [3.8, 4) is 5.75 Å². The van der Waals surface area contributed by atoms with Crippen molar-refractivity contribution in [1.29, 1.82) is 0 Å². The second-order valence-corrected chi connectivity index (χ2v) is 9.02. The molecule has 0 unspecified atom stereocenters. The van der Waals surface area contributed by atoms with Crippen LogP contribution in [0.2, 0.25) is 0 Å². The van der Waals surface area contributed by atoms with E-state index in [0.29, 0.717) is 24.7 Å². The van der Waals surface area contributed by atoms with Crippen LogP contribution in [0.3, 0.4) is 0 Å². The van der Waals surface area contributed by atoms with E-state index in [1.807, 2.05) is 49.9 Å². The predicted octanol–water partition coefficient (Wildman–Crippen LogP) is 5.53. The van der Waals surface area contributed by atoms with Crippen molar-refractivity contribution in [3.63, 3.8) is 0 Å². The molecule has 8 heteroatoms. The van der Waals surface area contributed by atoms with Crippen molar-refractivity contribution < 1.29 is 23.8 Å². The van der Waals surface area contributed by atoms with Crippen LogP contribution < -0.4 is 10.1 Å². The fraction of sp³-hybridized carbons (Fsp3) is 0.480. The Balaban J connectivity index is 1.60. The van der Waals surface area contributed by atoms with E-state index in [2.05, 4.69) is 16.9 Å². The molecule has 8 nitrogen and oxygen atoms in total. The Hall–Kier alpha value is -3.29. The summed E-state index contributed by atoms with van der Waals surface area (Å²) in [7, 11) is 0. The SMILES string of the molecule is C=CCOC(=O)Nc1nccc2cc(OCC[C@@H]3CCCCN3C(=O)OC(C)(C)C)ccc12. The lowest BCUT2D eigenvalue weighted by molar-refractivity contribution is 0.00743. The third kappa shape index (κ3) is 7.10. The first kappa shape index (κ1) is 24.4. The smallest absolute Gasteiger partial charge is 0.413 e. The summed E-state index contributed by atoms with van der Waals surface area (Å²) in [5.74, 6) is 1.14. The summed E-state index contributed by atoms with van der Waals surface area (Å²) >= 11 is 0. The first-order chi connectivity index (χ1) is 15.8. The van der Waals surface area contributed by atoms with E-state index < -0.39 is 11.7 Å². The van der Waals surface area contributed by atoms with Crippen molar-refractivity contribution in [2.75, 3.05) is 25.1 Å². The molecule has 1 aromatic heterocycles. The normalized spacial score (nSPS) is 16.2. The zero-order chi connectivity index (χ0) is 23.8. The fourth-order valence-corrected chi connectivity index (χ4v) is 3.79. The Bertz CT molecular complexity index is 986. The van der Waals surface area contributed by atoms with Crippen LogP contribution in [0.1, 0.15) is 46.5 Å². The number of ether oxygens (including phenoxy) is 3. The Labute approximate surface area is 194 Å². The molecule has 0 spiro atoms. The maximum Gasteiger partial charge on any atom is 0.413 e. The highest BCUT2D eigenvalue weighted by atomic mass is 16.6. The van der Waals surface area contributed by atoms with Gasteiger partial charge in [-0.3, -0.25) is 5.32 Å². The highest BCUT2D eigenvalue weighted by molar-refractivity contribution is 5.98. The second-order valence-electron chi connectivity index (χ2n) is 9.02. The average molecular weight is 456 g/mol. The highest BCUT2D eigenvalue weighted by Gasteiger charge is 2.30. The number of rotatable bonds is 7. The summed E-state index contributed by atoms with van der Waals surface area (Å²) < 4.78 is 16.5. The first-order valence-electron chi connectivity index (χ1n) is 11.3. The first-order valence-corrected chi connectivity index (χ1v) is 11.3. The summed E-state index contributed by atoms with van der Waals surface area (Å²) in [5.41, 5.74) is -0.508. The van der Waals surface area contributed by atoms with E-state index in [4.69, 9.17) is 14.2 Å². The fourth-order valence-electron chi connectivity index (χ4n) is 3.79. The van der Waals surface area contributed by atoms with Gasteiger partial charge in [0.2, 0.25) is 0 Å². The topological polar surface area (TPSA) is 90.0 Å². The predicted molar refractivity (Wildman–Crippen MR) is 128 cm³/mol. The van der Waals surface area contributed by atoms with Crippen molar-refractivity contribution in [3.05, 3.63) is 43.1 Å². The van der Waals surface area contributed by atoms with Crippen LogP contribution in [0.25, 0.3) is 10.8 Å². The minimum Gasteiger partial charge on any atom is -0.493 e. The van der Waals surface area contributed by atoms with Gasteiger partial charge in [-0.25, -0.2) is 14.6 Å². The van der Waals surface area contributed by atoms with E-state index in [-0.39, 0.29) is 18.7 Å². The molecule has 1 atom stereocenters. The van der Waals surface area contributed by atoms with Crippen LogP contribution in [-0.4, -0.2) is 53.5 Å². The van der Waals surface area contributed by atoms with E-state index in [1.54, 1.807) is 6.20 Å². The lowest BCUT2D eigenvalue weighted by Crippen LogP contribution is -2.46. The Morgan fingerprint density at radius 2 is 2.09 bits per heavy atom. The van der Waals surface area contributed by atoms with Gasteiger partial charge in [-0.1, -0.05) is 12.7 Å². The molecule has 0 bridgehead atoms. The number of carbonyl (C=O) groups is 2. The molecule has 0 aliphatic carbocycles. The summed E-state index contributed by atoms with van der Waals surface area (Å²) in [6, 6.07) is 7.57. The molecular weight excluding hydrogens is 422 g/mol. The lowest BCUT2D eigenvalue weighted by atomic mass is 10.0. The van der Waals surface area contributed by atoms with Gasteiger partial charge < -0.3 is 19.1 Å². The van der Waals surface area contributed by atoms with Gasteiger partial charge in [-0.05, 0) is 69.7 Å². The second kappa shape index (κ2) is 11.0. The van der Waals surface area contributed by atoms with Crippen LogP contribution in [0, 0.1) is 0 Å². The van der Waals surface area contributed by atoms with Gasteiger partial charge in [0.05, 0.1) is 6.61 Å². The molecule has 1 fully saturated rings. The lowest BCUT2D eigenvalue weighted by Gasteiger charge is -2.36. The van der Waals surface area contributed by atoms with Crippen molar-refractivity contribution in [2.45, 2.75) is 58.1 Å². The van der Waals surface area contributed by atoms with E-state index in [9.17, 15) is 9.59 Å². The Morgan fingerprint density at radius 3 is 2.85 bits per heavy atom. The number of likely N-dealkylation sites (tertiary alicyclic amines) is 1. The molecule has 178 valence electrons. The van der Waals surface area contributed by atoms with Gasteiger partial charge in [-0.2, -0.15) is 0 Å². The third-order valence-corrected chi connectivity index (χ3v) is 5.26. The number of hydrogen-bond acceptors (Lipinski definition) is 6. The van der Waals surface area contributed by atoms with E-state index in [0.717, 1.165) is 36.5 Å². The average Bonchev–Trinajstić information content (AvgIpc) is 2.77. The monoisotopic (exact) mass is 455 g/mol. The molecule has 1 aromatic carbocycles. The minimum atomic E-state index is -0.586. The van der Waals surface area contributed by atoms with E-state index in [1.165, 1.54) is 6.08 Å². The van der Waals surface area contributed by atoms with Crippen LogP contribution >= 0.6 is 0 Å². The summed E-state index contributed by atoms with van der Waals surface area (Å²) in [6.07, 6.45) is 6.05. The molecule has 0 radical (unpaired) electrons. The molecular formula is C25H33N3O5. The van der Waals surface area contributed by atoms with Crippen molar-refractivity contribution in [2.24, 2.45) is 0 Å². The number of nitrogens with one attached hydrogen (secondary N) is 1. The van der Waals surface area contributed by atoms with Gasteiger partial charge in [0.1, 0.15) is 23.8 Å². The van der Waals surface area contributed by atoms with Gasteiger partial charge in [-0.15, -0.1) is 0 Å². The summed E-state index contributed by atoms with van der Waals surface area (Å²) in [4.78, 5) is 30.5. The van der Waals surface area contributed by atoms with Crippen molar-refractivity contribution in [1.82, 2.24) is 9.88 Å². The maximum atomic E-state index is 12.6. The Kier molecular flexibility index (Phi) is 8.14. The number of carbonyl (C=O) groups excluding carboxylic acids is 2. The van der Waals surface area contributed by atoms with Gasteiger partial charge >= 0.3 is 12.2 Å². The van der Waals surface area contributed by atoms with Crippen LogP contribution in [0.4, 0.5) is 15.4 Å². The van der Waals surface area contributed by atoms with Crippen LogP contribution in [0.5, 0.6) is 5.75 Å². The van der Waals surface area contributed by atoms with Crippen molar-refractivity contribution >= 4 is 28.8 Å². The molecule has 3 rings (SSSR count). The number of fused-ring (bicyclic) bond motifs is 1. The third-order valence-electron chi connectivity index (χ3n) is 5.26. The molecule has 2 heterocycles. The largest absolute Gasteiger partial charge is 0.493 e. The molecule has 1 saturated heterocycles. The number of aromatic nitrogens is 1. The van der Waals surface area contributed by atoms with E-state index >= 15 is 0 Å². The number of benzene rings is 1. The zero-order valence-electron chi connectivity index (χ0n) is 19.6. The number of anilines is 1. The van der Waals surface area contributed by atoms with Gasteiger partial charge in [0, 0.05) is 30.6 Å². The molecule has 1 aliphatic heterocycles. The molecule has 0 saturated carbocycles. The standard InChI is InChI=1S/C25H33N3O5/c1-5-15-32-23(29)27-22-21-10-9-20(17-18(21)11-13-26-22)31-16-12-19-8-6-7-14-28(19)24(30)33-25(2,3)4/h5,9-11,13,17,19H,1,6-8,12,14-16H2,2-4H3,(H,26,27,29)/t19-/m0/s1. The maximum absolute atomic E-state index is 12.6. The molecule has 2 amide bonds. The number of piperidine rings is 1. The molecule has 1 aliphatic rings. The minimum absolute atomic E-state index is 0.107. The summed E-state index contributed by atoms with van der Waals surface area (Å²) in [6.45, 7) is 10.5.